The van der Waals surface area contributed by atoms with Crippen molar-refractivity contribution in [3.8, 4) is 0 Å². The predicted octanol–water partition coefficient (Wildman–Crippen LogP) is 1.10. The first-order valence-electron chi connectivity index (χ1n) is 7.21. The maximum absolute atomic E-state index is 6.01. The van der Waals surface area contributed by atoms with Crippen LogP contribution in [0.2, 0.25) is 0 Å². The van der Waals surface area contributed by atoms with Crippen LogP contribution in [0.4, 0.5) is 0 Å². The molecule has 1 fully saturated rings. The van der Waals surface area contributed by atoms with Crippen LogP contribution >= 0.6 is 0 Å². The Kier molecular flexibility index (Phi) is 4.60. The molecule has 1 saturated heterocycles. The zero-order valence-electron chi connectivity index (χ0n) is 12.6. The Bertz CT molecular complexity index is 400. The van der Waals surface area contributed by atoms with Gasteiger partial charge in [0.1, 0.15) is 0 Å². The van der Waals surface area contributed by atoms with Gasteiger partial charge < -0.3 is 10.6 Å². The molecule has 2 atom stereocenters. The van der Waals surface area contributed by atoms with Gasteiger partial charge in [0, 0.05) is 50.0 Å². The molecule has 2 heterocycles. The molecular weight excluding hydrogens is 238 g/mol. The first-order chi connectivity index (χ1) is 9.02. The van der Waals surface area contributed by atoms with E-state index >= 15 is 0 Å². The van der Waals surface area contributed by atoms with Crippen molar-refractivity contribution in [1.82, 2.24) is 19.6 Å². The molecule has 108 valence electrons. The smallest absolute Gasteiger partial charge is 0.0538 e. The lowest BCUT2D eigenvalue weighted by Gasteiger charge is -2.41. The molecular formula is C14H27N5. The molecule has 5 heteroatoms. The third-order valence-electron chi connectivity index (χ3n) is 4.19. The van der Waals surface area contributed by atoms with Gasteiger partial charge in [-0.05, 0) is 27.8 Å². The largest absolute Gasteiger partial charge is 0.329 e. The Morgan fingerprint density at radius 1 is 1.42 bits per heavy atom. The summed E-state index contributed by atoms with van der Waals surface area (Å²) in [6, 6.07) is 1.28. The van der Waals surface area contributed by atoms with Crippen LogP contribution in [0.15, 0.2) is 12.4 Å². The first-order valence-corrected chi connectivity index (χ1v) is 7.21. The molecule has 5 nitrogen and oxygen atoms in total. The molecule has 0 saturated carbocycles. The van der Waals surface area contributed by atoms with Gasteiger partial charge in [-0.2, -0.15) is 5.10 Å². The number of nitrogens with zero attached hydrogens (tertiary/aromatic N) is 4. The van der Waals surface area contributed by atoms with Gasteiger partial charge in [0.2, 0.25) is 0 Å². The lowest BCUT2D eigenvalue weighted by Crippen LogP contribution is -2.52. The molecule has 0 aromatic carbocycles. The lowest BCUT2D eigenvalue weighted by atomic mass is 10.1. The molecule has 19 heavy (non-hydrogen) atoms. The second kappa shape index (κ2) is 6.03. The second-order valence-electron chi connectivity index (χ2n) is 5.92. The van der Waals surface area contributed by atoms with E-state index in [4.69, 9.17) is 5.73 Å². The number of likely N-dealkylation sites (N-methyl/N-ethyl adjacent to an activating group) is 1. The number of rotatable bonds is 4. The van der Waals surface area contributed by atoms with Crippen molar-refractivity contribution in [2.75, 3.05) is 33.2 Å². The Morgan fingerprint density at radius 3 is 2.68 bits per heavy atom. The van der Waals surface area contributed by atoms with E-state index in [9.17, 15) is 0 Å². The van der Waals surface area contributed by atoms with Crippen LogP contribution in [-0.4, -0.2) is 58.8 Å². The Morgan fingerprint density at radius 2 is 2.16 bits per heavy atom. The van der Waals surface area contributed by atoms with Gasteiger partial charge in [-0.1, -0.05) is 0 Å². The summed E-state index contributed by atoms with van der Waals surface area (Å²) in [5, 5.41) is 4.44. The molecule has 0 aliphatic carbocycles. The Hall–Kier alpha value is -0.910. The topological polar surface area (TPSA) is 50.3 Å². The summed E-state index contributed by atoms with van der Waals surface area (Å²) >= 11 is 0. The summed E-state index contributed by atoms with van der Waals surface area (Å²) in [6.07, 6.45) is 4.12. The summed E-state index contributed by atoms with van der Waals surface area (Å²) in [4.78, 5) is 4.90. The summed E-state index contributed by atoms with van der Waals surface area (Å²) in [6.45, 7) is 10.5. The van der Waals surface area contributed by atoms with Crippen LogP contribution < -0.4 is 5.73 Å². The average molecular weight is 265 g/mol. The highest BCUT2D eigenvalue weighted by Gasteiger charge is 2.27. The van der Waals surface area contributed by atoms with Crippen molar-refractivity contribution < 1.29 is 0 Å². The fourth-order valence-electron chi connectivity index (χ4n) is 2.66. The highest BCUT2D eigenvalue weighted by atomic mass is 15.3. The molecule has 2 unspecified atom stereocenters. The second-order valence-corrected chi connectivity index (χ2v) is 5.92. The van der Waals surface area contributed by atoms with E-state index < -0.39 is 0 Å². The minimum atomic E-state index is 0.295. The van der Waals surface area contributed by atoms with Gasteiger partial charge >= 0.3 is 0 Å². The monoisotopic (exact) mass is 265 g/mol. The molecule has 1 aromatic rings. The van der Waals surface area contributed by atoms with Crippen LogP contribution in [0.25, 0.3) is 0 Å². The van der Waals surface area contributed by atoms with Crippen molar-refractivity contribution in [2.45, 2.75) is 38.9 Å². The zero-order chi connectivity index (χ0) is 14.0. The number of hydrogen-bond acceptors (Lipinski definition) is 4. The number of aromatic nitrogens is 2. The SMILES string of the molecule is CC1CN(C(CN)c2cnn(C(C)C)c2)CCN1C. The summed E-state index contributed by atoms with van der Waals surface area (Å²) in [7, 11) is 2.19. The van der Waals surface area contributed by atoms with Crippen molar-refractivity contribution in [1.29, 1.82) is 0 Å². The minimum absolute atomic E-state index is 0.295. The predicted molar refractivity (Wildman–Crippen MR) is 78.1 cm³/mol. The van der Waals surface area contributed by atoms with E-state index in [1.54, 1.807) is 0 Å². The van der Waals surface area contributed by atoms with Crippen molar-refractivity contribution >= 4 is 0 Å². The molecule has 0 amide bonds. The third kappa shape index (κ3) is 3.16. The van der Waals surface area contributed by atoms with E-state index in [1.165, 1.54) is 5.56 Å². The van der Waals surface area contributed by atoms with Crippen LogP contribution in [0.1, 0.15) is 38.4 Å². The standard InChI is InChI=1S/C14H27N5/c1-11(2)19-10-13(8-16-19)14(7-15)18-6-5-17(4)12(3)9-18/h8,10-12,14H,5-7,9,15H2,1-4H3. The summed E-state index contributed by atoms with van der Waals surface area (Å²) in [5.74, 6) is 0. The molecule has 0 spiro atoms. The van der Waals surface area contributed by atoms with Crippen molar-refractivity contribution in [3.05, 3.63) is 18.0 Å². The molecule has 0 radical (unpaired) electrons. The number of nitrogens with two attached hydrogens (primary N) is 1. The lowest BCUT2D eigenvalue weighted by molar-refractivity contribution is 0.0741. The molecule has 1 aliphatic rings. The first kappa shape index (κ1) is 14.5. The zero-order valence-corrected chi connectivity index (χ0v) is 12.6. The number of hydrogen-bond donors (Lipinski definition) is 1. The molecule has 1 aliphatic heterocycles. The van der Waals surface area contributed by atoms with Crippen molar-refractivity contribution in [3.63, 3.8) is 0 Å². The average Bonchev–Trinajstić information content (AvgIpc) is 2.84. The van der Waals surface area contributed by atoms with Gasteiger partial charge in [-0.15, -0.1) is 0 Å². The highest BCUT2D eigenvalue weighted by molar-refractivity contribution is 5.12. The Labute approximate surface area is 116 Å². The maximum Gasteiger partial charge on any atom is 0.0538 e. The minimum Gasteiger partial charge on any atom is -0.329 e. The van der Waals surface area contributed by atoms with Gasteiger partial charge in [0.05, 0.1) is 12.2 Å². The van der Waals surface area contributed by atoms with E-state index in [2.05, 4.69) is 48.9 Å². The fraction of sp³-hybridized carbons (Fsp3) is 0.786. The normalized spacial score (nSPS) is 24.0. The van der Waals surface area contributed by atoms with E-state index in [0.717, 1.165) is 19.6 Å². The van der Waals surface area contributed by atoms with Gasteiger partial charge in [0.15, 0.2) is 0 Å². The Balaban J connectivity index is 2.10. The maximum atomic E-state index is 6.01. The van der Waals surface area contributed by atoms with Crippen LogP contribution in [-0.2, 0) is 0 Å². The molecule has 2 rings (SSSR count). The molecule has 1 aromatic heterocycles. The van der Waals surface area contributed by atoms with E-state index in [-0.39, 0.29) is 0 Å². The van der Waals surface area contributed by atoms with Crippen LogP contribution in [0.5, 0.6) is 0 Å². The van der Waals surface area contributed by atoms with Gasteiger partial charge in [0.25, 0.3) is 0 Å². The summed E-state index contributed by atoms with van der Waals surface area (Å²) in [5.41, 5.74) is 7.25. The molecule has 0 bridgehead atoms. The van der Waals surface area contributed by atoms with Crippen LogP contribution in [0.3, 0.4) is 0 Å². The fourth-order valence-corrected chi connectivity index (χ4v) is 2.66. The van der Waals surface area contributed by atoms with Crippen LogP contribution in [0, 0.1) is 0 Å². The van der Waals surface area contributed by atoms with Crippen molar-refractivity contribution in [2.24, 2.45) is 5.73 Å². The quantitative estimate of drug-likeness (QED) is 0.886. The summed E-state index contributed by atoms with van der Waals surface area (Å²) < 4.78 is 2.01. The van der Waals surface area contributed by atoms with E-state index in [1.807, 2.05) is 10.9 Å². The third-order valence-corrected chi connectivity index (χ3v) is 4.19. The van der Waals surface area contributed by atoms with E-state index in [0.29, 0.717) is 24.7 Å². The van der Waals surface area contributed by atoms with Gasteiger partial charge in [-0.3, -0.25) is 9.58 Å². The van der Waals surface area contributed by atoms with Gasteiger partial charge in [-0.25, -0.2) is 0 Å². The highest BCUT2D eigenvalue weighted by Crippen LogP contribution is 2.23. The molecule has 2 N–H and O–H groups in total. The number of piperazine rings is 1.